The van der Waals surface area contributed by atoms with Gasteiger partial charge in [0, 0.05) is 25.8 Å². The molecule has 0 unspecified atom stereocenters. The number of allylic oxidation sites excluding steroid dienone is 3. The Kier molecular flexibility index (Phi) is 9.63. The summed E-state index contributed by atoms with van der Waals surface area (Å²) in [6, 6.07) is 0. The highest BCUT2D eigenvalue weighted by Gasteiger charge is 2.71. The fourth-order valence-corrected chi connectivity index (χ4v) is 6.62. The van der Waals surface area contributed by atoms with E-state index in [9.17, 15) is 19.5 Å². The summed E-state index contributed by atoms with van der Waals surface area (Å²) in [6.07, 6.45) is 6.32. The van der Waals surface area contributed by atoms with Crippen LogP contribution in [0.25, 0.3) is 0 Å². The highest BCUT2D eigenvalue weighted by molar-refractivity contribution is 5.70. The molecule has 8 heteroatoms. The van der Waals surface area contributed by atoms with Gasteiger partial charge in [-0.05, 0) is 55.9 Å². The largest absolute Gasteiger partial charge is 0.458 e. The Bertz CT molecular complexity index is 983. The first-order chi connectivity index (χ1) is 17.9. The first-order valence-corrected chi connectivity index (χ1v) is 13.8. The number of unbranched alkanes of at least 4 members (excludes halogenated alkanes) is 2. The topological polar surface area (TPSA) is 108 Å². The average molecular weight is 533 g/mol. The summed E-state index contributed by atoms with van der Waals surface area (Å²) in [4.78, 5) is 37.0. The standard InChI is InChI=1S/C30H44O8/c1-8-10-11-12-26(34)37-22-16-23-27(35-20(5)31)38-28(36-21(6)32)30(23)24(17-22)29(7,14-13-18(3)9-2)19(4)15-25(30)33/h9,13,16,19,22,24-25,27-28,33H,2,8,10-12,14-15,17H2,1,3-7H3/b18-13-/t19-,22+,24+,25+,27+,28-,29-,30-/m1/s1. The predicted molar refractivity (Wildman–Crippen MR) is 141 cm³/mol. The van der Waals surface area contributed by atoms with Crippen LogP contribution in [0, 0.1) is 22.7 Å². The van der Waals surface area contributed by atoms with Crippen molar-refractivity contribution in [2.24, 2.45) is 22.7 Å². The number of rotatable bonds is 10. The second-order valence-corrected chi connectivity index (χ2v) is 11.4. The summed E-state index contributed by atoms with van der Waals surface area (Å²) in [5.41, 5.74) is -0.0331. The van der Waals surface area contributed by atoms with Gasteiger partial charge < -0.3 is 19.3 Å². The third kappa shape index (κ3) is 5.76. The predicted octanol–water partition coefficient (Wildman–Crippen LogP) is 5.15. The molecule has 0 aromatic rings. The van der Waals surface area contributed by atoms with E-state index in [2.05, 4.69) is 33.4 Å². The van der Waals surface area contributed by atoms with Crippen molar-refractivity contribution in [3.63, 3.8) is 0 Å². The van der Waals surface area contributed by atoms with Crippen molar-refractivity contribution in [1.29, 1.82) is 0 Å². The lowest BCUT2D eigenvalue weighted by atomic mass is 9.45. The number of aliphatic hydroxyl groups excluding tert-OH is 1. The summed E-state index contributed by atoms with van der Waals surface area (Å²) in [6.45, 7) is 14.8. The van der Waals surface area contributed by atoms with Gasteiger partial charge in [0.15, 0.2) is 0 Å². The van der Waals surface area contributed by atoms with Crippen LogP contribution in [-0.4, -0.2) is 47.8 Å². The Morgan fingerprint density at radius 2 is 1.82 bits per heavy atom. The highest BCUT2D eigenvalue weighted by Crippen LogP contribution is 2.67. The number of ether oxygens (including phenoxy) is 4. The molecule has 38 heavy (non-hydrogen) atoms. The van der Waals surface area contributed by atoms with E-state index in [0.29, 0.717) is 31.3 Å². The van der Waals surface area contributed by atoms with Gasteiger partial charge in [0.2, 0.25) is 12.6 Å². The molecular formula is C30H44O8. The Morgan fingerprint density at radius 1 is 1.13 bits per heavy atom. The maximum absolute atomic E-state index is 12.7. The molecule has 2 fully saturated rings. The Balaban J connectivity index is 2.14. The Hall–Kier alpha value is -2.45. The summed E-state index contributed by atoms with van der Waals surface area (Å²) in [5, 5.41) is 11.7. The van der Waals surface area contributed by atoms with E-state index >= 15 is 0 Å². The van der Waals surface area contributed by atoms with E-state index in [-0.39, 0.29) is 17.8 Å². The monoisotopic (exact) mass is 532 g/mol. The Morgan fingerprint density at radius 3 is 2.42 bits per heavy atom. The van der Waals surface area contributed by atoms with Crippen LogP contribution in [0.3, 0.4) is 0 Å². The number of esters is 3. The highest BCUT2D eigenvalue weighted by atomic mass is 16.8. The molecule has 3 rings (SSSR count). The summed E-state index contributed by atoms with van der Waals surface area (Å²) in [5.74, 6) is -1.67. The van der Waals surface area contributed by atoms with Crippen molar-refractivity contribution in [2.45, 2.75) is 111 Å². The first kappa shape index (κ1) is 30.1. The van der Waals surface area contributed by atoms with Crippen molar-refractivity contribution in [2.75, 3.05) is 0 Å². The van der Waals surface area contributed by atoms with Crippen molar-refractivity contribution >= 4 is 17.9 Å². The second kappa shape index (κ2) is 12.2. The molecule has 3 aliphatic rings. The molecule has 1 aliphatic heterocycles. The van der Waals surface area contributed by atoms with Gasteiger partial charge in [0.05, 0.1) is 11.5 Å². The second-order valence-electron chi connectivity index (χ2n) is 11.4. The maximum atomic E-state index is 12.7. The molecule has 2 aliphatic carbocycles. The van der Waals surface area contributed by atoms with E-state index in [0.717, 1.165) is 24.8 Å². The quantitative estimate of drug-likeness (QED) is 0.135. The van der Waals surface area contributed by atoms with Gasteiger partial charge >= 0.3 is 17.9 Å². The summed E-state index contributed by atoms with van der Waals surface area (Å²) < 4.78 is 23.2. The van der Waals surface area contributed by atoms with Gasteiger partial charge in [-0.3, -0.25) is 19.1 Å². The molecule has 0 aromatic carbocycles. The number of carbonyl (C=O) groups excluding carboxylic acids is 3. The molecule has 0 amide bonds. The molecule has 0 aromatic heterocycles. The maximum Gasteiger partial charge on any atom is 0.306 e. The molecule has 0 radical (unpaired) electrons. The third-order valence-electron chi connectivity index (χ3n) is 8.85. The molecule has 1 spiro atoms. The molecule has 1 heterocycles. The zero-order chi connectivity index (χ0) is 28.3. The van der Waals surface area contributed by atoms with Crippen molar-refractivity contribution in [3.8, 4) is 0 Å². The molecule has 1 saturated heterocycles. The van der Waals surface area contributed by atoms with Crippen LogP contribution in [0.2, 0.25) is 0 Å². The van der Waals surface area contributed by atoms with Crippen LogP contribution in [-0.2, 0) is 33.3 Å². The van der Waals surface area contributed by atoms with Gasteiger partial charge in [0.25, 0.3) is 0 Å². The molecule has 8 atom stereocenters. The van der Waals surface area contributed by atoms with Gasteiger partial charge in [-0.2, -0.15) is 0 Å². The minimum Gasteiger partial charge on any atom is -0.458 e. The molecular weight excluding hydrogens is 488 g/mol. The van der Waals surface area contributed by atoms with Crippen molar-refractivity contribution in [3.05, 3.63) is 36.0 Å². The van der Waals surface area contributed by atoms with E-state index in [4.69, 9.17) is 18.9 Å². The fraction of sp³-hybridized carbons (Fsp3) is 0.700. The van der Waals surface area contributed by atoms with Gasteiger partial charge in [-0.25, -0.2) is 0 Å². The lowest BCUT2D eigenvalue weighted by molar-refractivity contribution is -0.254. The number of hydrogen-bond acceptors (Lipinski definition) is 8. The fourth-order valence-electron chi connectivity index (χ4n) is 6.62. The number of carbonyl (C=O) groups is 3. The molecule has 0 bridgehead atoms. The normalized spacial score (nSPS) is 36.4. The number of aliphatic hydroxyl groups is 1. The van der Waals surface area contributed by atoms with Crippen LogP contribution < -0.4 is 0 Å². The van der Waals surface area contributed by atoms with E-state index in [1.807, 2.05) is 6.92 Å². The van der Waals surface area contributed by atoms with Crippen LogP contribution >= 0.6 is 0 Å². The van der Waals surface area contributed by atoms with Crippen molar-refractivity contribution in [1.82, 2.24) is 0 Å². The van der Waals surface area contributed by atoms with Gasteiger partial charge in [-0.1, -0.05) is 57.9 Å². The van der Waals surface area contributed by atoms with Crippen LogP contribution in [0.4, 0.5) is 0 Å². The zero-order valence-corrected chi connectivity index (χ0v) is 23.7. The SMILES string of the molecule is C=C/C(C)=C\C[C@]1(C)[C@H](C)C[C@H](O)[C@@]23C(=C[C@H](OC(=O)CCCCC)C[C@@H]12)[C@@H](OC(C)=O)O[C@H]3OC(C)=O. The molecule has 1 saturated carbocycles. The van der Waals surface area contributed by atoms with E-state index < -0.39 is 47.6 Å². The summed E-state index contributed by atoms with van der Waals surface area (Å²) in [7, 11) is 0. The average Bonchev–Trinajstić information content (AvgIpc) is 3.13. The summed E-state index contributed by atoms with van der Waals surface area (Å²) >= 11 is 0. The van der Waals surface area contributed by atoms with Gasteiger partial charge in [0.1, 0.15) is 6.10 Å². The van der Waals surface area contributed by atoms with E-state index in [1.165, 1.54) is 13.8 Å². The van der Waals surface area contributed by atoms with Gasteiger partial charge in [-0.15, -0.1) is 0 Å². The lowest BCUT2D eigenvalue weighted by Gasteiger charge is -2.60. The van der Waals surface area contributed by atoms with Crippen molar-refractivity contribution < 1.29 is 38.4 Å². The van der Waals surface area contributed by atoms with Crippen LogP contribution in [0.15, 0.2) is 36.0 Å². The Labute approximate surface area is 226 Å². The molecule has 8 nitrogen and oxygen atoms in total. The minimum absolute atomic E-state index is 0.0769. The minimum atomic E-state index is -1.17. The molecule has 212 valence electrons. The first-order valence-electron chi connectivity index (χ1n) is 13.8. The van der Waals surface area contributed by atoms with E-state index in [1.54, 1.807) is 12.2 Å². The van der Waals surface area contributed by atoms with Crippen LogP contribution in [0.5, 0.6) is 0 Å². The number of hydrogen-bond donors (Lipinski definition) is 1. The third-order valence-corrected chi connectivity index (χ3v) is 8.85. The lowest BCUT2D eigenvalue weighted by Crippen LogP contribution is -2.63. The smallest absolute Gasteiger partial charge is 0.306 e. The molecule has 1 N–H and O–H groups in total. The zero-order valence-electron chi connectivity index (χ0n) is 23.7. The van der Waals surface area contributed by atoms with Crippen LogP contribution in [0.1, 0.15) is 86.5 Å².